The van der Waals surface area contributed by atoms with Gasteiger partial charge in [0.25, 0.3) is 0 Å². The summed E-state index contributed by atoms with van der Waals surface area (Å²) in [6, 6.07) is 0. The quantitative estimate of drug-likeness (QED) is 0.594. The summed E-state index contributed by atoms with van der Waals surface area (Å²) in [7, 11) is 0. The Bertz CT molecular complexity index is 290. The molecule has 0 saturated carbocycles. The van der Waals surface area contributed by atoms with Crippen LogP contribution in [0.4, 0.5) is 0 Å². The summed E-state index contributed by atoms with van der Waals surface area (Å²) in [5.74, 6) is -0.494. The maximum atomic E-state index is 11.8. The molecule has 19 heavy (non-hydrogen) atoms. The number of aliphatic carboxylic acids is 1. The molecule has 6 heteroatoms. The van der Waals surface area contributed by atoms with Gasteiger partial charge in [0, 0.05) is 26.1 Å². The summed E-state index contributed by atoms with van der Waals surface area (Å²) in [6.45, 7) is 4.53. The highest BCUT2D eigenvalue weighted by atomic mass is 16.5. The van der Waals surface area contributed by atoms with Crippen LogP contribution in [-0.4, -0.2) is 49.3 Å². The Balaban J connectivity index is 2.16. The van der Waals surface area contributed by atoms with Gasteiger partial charge in [-0.1, -0.05) is 13.3 Å². The molecule has 1 heterocycles. The van der Waals surface area contributed by atoms with Crippen LogP contribution in [0.25, 0.3) is 0 Å². The van der Waals surface area contributed by atoms with Gasteiger partial charge in [-0.15, -0.1) is 0 Å². The minimum absolute atomic E-state index is 0.0831. The predicted octanol–water partition coefficient (Wildman–Crippen LogP) is 0.372. The predicted molar refractivity (Wildman–Crippen MR) is 70.9 cm³/mol. The third-order valence-corrected chi connectivity index (χ3v) is 3.42. The number of carboxylic acid groups (broad SMARTS) is 1. The van der Waals surface area contributed by atoms with Crippen LogP contribution in [0.15, 0.2) is 0 Å². The van der Waals surface area contributed by atoms with Gasteiger partial charge in [-0.25, -0.2) is 0 Å². The summed E-state index contributed by atoms with van der Waals surface area (Å²) in [5.41, 5.74) is 0. The van der Waals surface area contributed by atoms with Crippen LogP contribution in [0.2, 0.25) is 0 Å². The van der Waals surface area contributed by atoms with Crippen molar-refractivity contribution < 1.29 is 19.4 Å². The van der Waals surface area contributed by atoms with Crippen molar-refractivity contribution in [1.29, 1.82) is 0 Å². The lowest BCUT2D eigenvalue weighted by molar-refractivity contribution is -0.137. The Labute approximate surface area is 113 Å². The van der Waals surface area contributed by atoms with Crippen molar-refractivity contribution in [3.05, 3.63) is 0 Å². The van der Waals surface area contributed by atoms with E-state index < -0.39 is 12.1 Å². The van der Waals surface area contributed by atoms with Crippen molar-refractivity contribution in [3.63, 3.8) is 0 Å². The Morgan fingerprint density at radius 1 is 1.47 bits per heavy atom. The van der Waals surface area contributed by atoms with Gasteiger partial charge in [0.15, 0.2) is 0 Å². The fourth-order valence-corrected chi connectivity index (χ4v) is 2.13. The summed E-state index contributed by atoms with van der Waals surface area (Å²) >= 11 is 0. The van der Waals surface area contributed by atoms with E-state index in [0.29, 0.717) is 32.0 Å². The zero-order valence-corrected chi connectivity index (χ0v) is 11.5. The molecule has 1 saturated heterocycles. The summed E-state index contributed by atoms with van der Waals surface area (Å²) in [4.78, 5) is 22.3. The van der Waals surface area contributed by atoms with Crippen molar-refractivity contribution >= 4 is 11.9 Å². The molecule has 3 N–H and O–H groups in total. The normalized spacial score (nSPS) is 20.8. The van der Waals surface area contributed by atoms with E-state index >= 15 is 0 Å². The fraction of sp³-hybridized carbons (Fsp3) is 0.846. The third-order valence-electron chi connectivity index (χ3n) is 3.42. The highest BCUT2D eigenvalue weighted by Crippen LogP contribution is 2.14. The number of carboxylic acids is 1. The van der Waals surface area contributed by atoms with Crippen LogP contribution in [0, 0.1) is 5.92 Å². The molecule has 0 aromatic heterocycles. The Hall–Kier alpha value is -1.14. The lowest BCUT2D eigenvalue weighted by Gasteiger charge is -2.23. The van der Waals surface area contributed by atoms with Crippen LogP contribution >= 0.6 is 0 Å². The second-order valence-corrected chi connectivity index (χ2v) is 4.85. The van der Waals surface area contributed by atoms with Gasteiger partial charge in [-0.05, 0) is 18.8 Å². The first-order valence-corrected chi connectivity index (χ1v) is 6.95. The number of nitrogens with one attached hydrogen (secondary N) is 2. The molecule has 1 fully saturated rings. The Kier molecular flexibility index (Phi) is 7.43. The molecule has 2 unspecified atom stereocenters. The first-order chi connectivity index (χ1) is 9.13. The van der Waals surface area contributed by atoms with E-state index in [9.17, 15) is 9.59 Å². The van der Waals surface area contributed by atoms with Gasteiger partial charge in [0.05, 0.1) is 6.61 Å². The fourth-order valence-electron chi connectivity index (χ4n) is 2.13. The van der Waals surface area contributed by atoms with Crippen LogP contribution in [-0.2, 0) is 14.3 Å². The summed E-state index contributed by atoms with van der Waals surface area (Å²) in [6.07, 6.45) is 2.22. The molecule has 0 aromatic rings. The maximum absolute atomic E-state index is 11.8. The van der Waals surface area contributed by atoms with Crippen LogP contribution < -0.4 is 10.6 Å². The highest BCUT2D eigenvalue weighted by Gasteiger charge is 2.21. The van der Waals surface area contributed by atoms with E-state index in [2.05, 4.69) is 10.6 Å². The smallest absolute Gasteiger partial charge is 0.303 e. The molecule has 0 spiro atoms. The molecule has 1 aliphatic heterocycles. The highest BCUT2D eigenvalue weighted by molar-refractivity contribution is 5.81. The van der Waals surface area contributed by atoms with Crippen molar-refractivity contribution in [2.24, 2.45) is 5.92 Å². The molecular weight excluding hydrogens is 248 g/mol. The van der Waals surface area contributed by atoms with Gasteiger partial charge in [0.2, 0.25) is 5.91 Å². The average Bonchev–Trinajstić information content (AvgIpc) is 2.43. The Morgan fingerprint density at radius 3 is 2.84 bits per heavy atom. The molecule has 1 aliphatic rings. The molecule has 6 nitrogen and oxygen atoms in total. The molecule has 0 radical (unpaired) electrons. The number of amides is 1. The zero-order chi connectivity index (χ0) is 14.1. The topological polar surface area (TPSA) is 87.7 Å². The first-order valence-electron chi connectivity index (χ1n) is 6.95. The lowest BCUT2D eigenvalue weighted by atomic mass is 9.96. The molecule has 1 amide bonds. The number of carbonyl (C=O) groups is 2. The minimum Gasteiger partial charge on any atom is -0.481 e. The molecule has 0 aromatic carbocycles. The standard InChI is InChI=1S/C13H24N2O4/c1-2-10(3-4-12(16)17)5-6-15-13(18)11-9-14-7-8-19-11/h10-11,14H,2-9H2,1H3,(H,15,18)(H,16,17). The molecule has 1 rings (SSSR count). The number of carbonyl (C=O) groups excluding carboxylic acids is 1. The second-order valence-electron chi connectivity index (χ2n) is 4.85. The number of rotatable bonds is 8. The van der Waals surface area contributed by atoms with E-state index in [1.165, 1.54) is 0 Å². The maximum Gasteiger partial charge on any atom is 0.303 e. The van der Waals surface area contributed by atoms with E-state index in [1.807, 2.05) is 6.92 Å². The van der Waals surface area contributed by atoms with Crippen molar-refractivity contribution in [1.82, 2.24) is 10.6 Å². The molecule has 0 aliphatic carbocycles. The van der Waals surface area contributed by atoms with Gasteiger partial charge in [-0.2, -0.15) is 0 Å². The molecule has 2 atom stereocenters. The third kappa shape index (κ3) is 6.54. The van der Waals surface area contributed by atoms with E-state index in [4.69, 9.17) is 9.84 Å². The van der Waals surface area contributed by atoms with Gasteiger partial charge < -0.3 is 20.5 Å². The number of hydrogen-bond acceptors (Lipinski definition) is 4. The average molecular weight is 272 g/mol. The summed E-state index contributed by atoms with van der Waals surface area (Å²) < 4.78 is 5.35. The molecule has 0 bridgehead atoms. The van der Waals surface area contributed by atoms with Crippen LogP contribution in [0.1, 0.15) is 32.6 Å². The summed E-state index contributed by atoms with van der Waals surface area (Å²) in [5, 5.41) is 14.6. The largest absolute Gasteiger partial charge is 0.481 e. The lowest BCUT2D eigenvalue weighted by Crippen LogP contribution is -2.48. The van der Waals surface area contributed by atoms with Gasteiger partial charge >= 0.3 is 5.97 Å². The molecule has 110 valence electrons. The van der Waals surface area contributed by atoms with Crippen LogP contribution in [0.5, 0.6) is 0 Å². The van der Waals surface area contributed by atoms with Crippen molar-refractivity contribution in [2.75, 3.05) is 26.2 Å². The Morgan fingerprint density at radius 2 is 2.26 bits per heavy atom. The minimum atomic E-state index is -0.760. The van der Waals surface area contributed by atoms with Crippen LogP contribution in [0.3, 0.4) is 0 Å². The van der Waals surface area contributed by atoms with E-state index in [1.54, 1.807) is 0 Å². The van der Waals surface area contributed by atoms with Crippen molar-refractivity contribution in [3.8, 4) is 0 Å². The SMILES string of the molecule is CCC(CCNC(=O)C1CNCCO1)CCC(=O)O. The number of hydrogen-bond donors (Lipinski definition) is 3. The monoisotopic (exact) mass is 272 g/mol. The van der Waals surface area contributed by atoms with Gasteiger partial charge in [-0.3, -0.25) is 9.59 Å². The second kappa shape index (κ2) is 8.87. The zero-order valence-electron chi connectivity index (χ0n) is 11.5. The molecular formula is C13H24N2O4. The van der Waals surface area contributed by atoms with Crippen molar-refractivity contribution in [2.45, 2.75) is 38.7 Å². The number of ether oxygens (including phenoxy) is 1. The first kappa shape index (κ1) is 15.9. The van der Waals surface area contributed by atoms with E-state index in [0.717, 1.165) is 19.4 Å². The van der Waals surface area contributed by atoms with E-state index in [-0.39, 0.29) is 12.3 Å². The van der Waals surface area contributed by atoms with Gasteiger partial charge in [0.1, 0.15) is 6.10 Å². The number of morpholine rings is 1.